The predicted molar refractivity (Wildman–Crippen MR) is 99.9 cm³/mol. The molecule has 1 aromatic heterocycles. The van der Waals surface area contributed by atoms with Crippen molar-refractivity contribution in [2.24, 2.45) is 0 Å². The lowest BCUT2D eigenvalue weighted by atomic mass is 10.1. The average Bonchev–Trinajstić information content (AvgIpc) is 2.69. The van der Waals surface area contributed by atoms with Crippen molar-refractivity contribution in [1.82, 2.24) is 4.98 Å². The lowest BCUT2D eigenvalue weighted by molar-refractivity contribution is -0.136. The molecule has 0 aliphatic carbocycles. The minimum absolute atomic E-state index is 0.136. The number of methoxy groups -OCH3 is 1. The zero-order chi connectivity index (χ0) is 20.1. The highest BCUT2D eigenvalue weighted by Crippen LogP contribution is 2.34. The third-order valence-corrected chi connectivity index (χ3v) is 3.87. The van der Waals surface area contributed by atoms with Crippen LogP contribution in [0.15, 0.2) is 66.9 Å². The summed E-state index contributed by atoms with van der Waals surface area (Å²) in [6, 6.07) is 15.0. The Bertz CT molecular complexity index is 956. The second-order valence-corrected chi connectivity index (χ2v) is 5.78. The van der Waals surface area contributed by atoms with Gasteiger partial charge in [0.2, 0.25) is 0 Å². The maximum absolute atomic E-state index is 13.0. The summed E-state index contributed by atoms with van der Waals surface area (Å²) in [7, 11) is 1.57. The van der Waals surface area contributed by atoms with Crippen molar-refractivity contribution in [3.63, 3.8) is 0 Å². The molecule has 3 aromatic rings. The van der Waals surface area contributed by atoms with Crippen LogP contribution in [-0.2, 0) is 6.18 Å². The first-order chi connectivity index (χ1) is 13.4. The number of aromatic nitrogens is 1. The van der Waals surface area contributed by atoms with E-state index in [9.17, 15) is 18.0 Å². The van der Waals surface area contributed by atoms with E-state index in [1.807, 2.05) is 0 Å². The van der Waals surface area contributed by atoms with Gasteiger partial charge >= 0.3 is 6.18 Å². The van der Waals surface area contributed by atoms with Gasteiger partial charge in [-0.1, -0.05) is 12.1 Å². The average molecular weight is 387 g/mol. The molecule has 0 bridgehead atoms. The van der Waals surface area contributed by atoms with Crippen molar-refractivity contribution in [2.45, 2.75) is 6.18 Å². The lowest BCUT2D eigenvalue weighted by Crippen LogP contribution is -2.16. The minimum Gasteiger partial charge on any atom is -0.497 e. The number of alkyl halides is 3. The van der Waals surface area contributed by atoms with Gasteiger partial charge in [0.1, 0.15) is 11.6 Å². The molecule has 8 heteroatoms. The van der Waals surface area contributed by atoms with Gasteiger partial charge in [-0.15, -0.1) is 0 Å². The number of amides is 1. The fraction of sp³-hybridized carbons (Fsp3) is 0.100. The number of benzene rings is 2. The molecule has 1 amide bonds. The van der Waals surface area contributed by atoms with E-state index in [0.29, 0.717) is 11.6 Å². The van der Waals surface area contributed by atoms with Gasteiger partial charge in [0, 0.05) is 11.9 Å². The van der Waals surface area contributed by atoms with E-state index in [1.54, 1.807) is 37.4 Å². The molecule has 0 fully saturated rings. The van der Waals surface area contributed by atoms with E-state index in [2.05, 4.69) is 15.6 Å². The van der Waals surface area contributed by atoms with Crippen molar-refractivity contribution < 1.29 is 22.7 Å². The van der Waals surface area contributed by atoms with E-state index in [0.717, 1.165) is 11.8 Å². The Hall–Kier alpha value is -3.55. The molecule has 0 spiro atoms. The standard InChI is InChI=1S/C20H16F3N3O2/c1-28-15-9-7-14(8-10-15)25-18-11-6-13(12-24-18)19(27)26-17-5-3-2-4-16(17)20(21,22)23/h2-12H,1H3,(H,24,25)(H,26,27). The largest absolute Gasteiger partial charge is 0.497 e. The SMILES string of the molecule is COc1ccc(Nc2ccc(C(=O)Nc3ccccc3C(F)(F)F)cn2)cc1. The van der Waals surface area contributed by atoms with E-state index < -0.39 is 17.6 Å². The maximum atomic E-state index is 13.0. The summed E-state index contributed by atoms with van der Waals surface area (Å²) in [5.41, 5.74) is -0.309. The van der Waals surface area contributed by atoms with Crippen molar-refractivity contribution in [1.29, 1.82) is 0 Å². The number of carbonyl (C=O) groups is 1. The summed E-state index contributed by atoms with van der Waals surface area (Å²) in [5.74, 6) is 0.516. The lowest BCUT2D eigenvalue weighted by Gasteiger charge is -2.13. The van der Waals surface area contributed by atoms with Crippen LogP contribution in [0.2, 0.25) is 0 Å². The molecule has 0 aliphatic rings. The van der Waals surface area contributed by atoms with Gasteiger partial charge in [0.05, 0.1) is 23.9 Å². The van der Waals surface area contributed by atoms with Gasteiger partial charge in [-0.2, -0.15) is 13.2 Å². The monoisotopic (exact) mass is 387 g/mol. The van der Waals surface area contributed by atoms with Crippen LogP contribution in [0.25, 0.3) is 0 Å². The number of hydrogen-bond donors (Lipinski definition) is 2. The molecular weight excluding hydrogens is 371 g/mol. The second-order valence-electron chi connectivity index (χ2n) is 5.78. The number of rotatable bonds is 5. The van der Waals surface area contributed by atoms with Gasteiger partial charge in [-0.25, -0.2) is 4.98 Å². The molecule has 0 unspecified atom stereocenters. The number of hydrogen-bond acceptors (Lipinski definition) is 4. The number of ether oxygens (including phenoxy) is 1. The van der Waals surface area contributed by atoms with Crippen LogP contribution in [0.1, 0.15) is 15.9 Å². The number of carbonyl (C=O) groups excluding carboxylic acids is 1. The zero-order valence-corrected chi connectivity index (χ0v) is 14.7. The molecular formula is C20H16F3N3O2. The quantitative estimate of drug-likeness (QED) is 0.639. The topological polar surface area (TPSA) is 63.2 Å². The first-order valence-electron chi connectivity index (χ1n) is 8.21. The van der Waals surface area contributed by atoms with Gasteiger partial charge < -0.3 is 15.4 Å². The molecule has 0 aliphatic heterocycles. The number of anilines is 3. The molecule has 1 heterocycles. The van der Waals surface area contributed by atoms with Crippen LogP contribution >= 0.6 is 0 Å². The van der Waals surface area contributed by atoms with Crippen LogP contribution in [-0.4, -0.2) is 18.0 Å². The van der Waals surface area contributed by atoms with Crippen LogP contribution in [0, 0.1) is 0 Å². The molecule has 5 nitrogen and oxygen atoms in total. The summed E-state index contributed by atoms with van der Waals surface area (Å²) in [6.07, 6.45) is -3.27. The molecule has 0 radical (unpaired) electrons. The van der Waals surface area contributed by atoms with Gasteiger partial charge in [-0.05, 0) is 48.5 Å². The first kappa shape index (κ1) is 19.2. The predicted octanol–water partition coefficient (Wildman–Crippen LogP) is 5.10. The molecule has 0 atom stereocenters. The zero-order valence-electron chi connectivity index (χ0n) is 14.7. The van der Waals surface area contributed by atoms with E-state index in [4.69, 9.17) is 4.74 Å². The van der Waals surface area contributed by atoms with Gasteiger partial charge in [0.15, 0.2) is 0 Å². The van der Waals surface area contributed by atoms with Crippen molar-refractivity contribution in [3.05, 3.63) is 78.0 Å². The molecule has 3 rings (SSSR count). The second kappa shape index (κ2) is 7.99. The summed E-state index contributed by atoms with van der Waals surface area (Å²) in [4.78, 5) is 16.4. The Labute approximate surface area is 159 Å². The number of nitrogens with zero attached hydrogens (tertiary/aromatic N) is 1. The summed E-state index contributed by atoms with van der Waals surface area (Å²) in [6.45, 7) is 0. The normalized spacial score (nSPS) is 11.0. The Balaban J connectivity index is 1.70. The third kappa shape index (κ3) is 4.59. The van der Waals surface area contributed by atoms with Crippen molar-refractivity contribution >= 4 is 23.1 Å². The highest BCUT2D eigenvalue weighted by atomic mass is 19.4. The molecule has 0 saturated carbocycles. The molecule has 28 heavy (non-hydrogen) atoms. The Morgan fingerprint density at radius 3 is 2.32 bits per heavy atom. The number of para-hydroxylation sites is 1. The number of halogens is 3. The maximum Gasteiger partial charge on any atom is 0.418 e. The third-order valence-electron chi connectivity index (χ3n) is 3.87. The van der Waals surface area contributed by atoms with Crippen LogP contribution in [0.3, 0.4) is 0 Å². The minimum atomic E-state index is -4.56. The fourth-order valence-electron chi connectivity index (χ4n) is 2.46. The van der Waals surface area contributed by atoms with Gasteiger partial charge in [0.25, 0.3) is 5.91 Å². The number of nitrogens with one attached hydrogen (secondary N) is 2. The highest BCUT2D eigenvalue weighted by Gasteiger charge is 2.33. The van der Waals surface area contributed by atoms with Crippen LogP contribution < -0.4 is 15.4 Å². The van der Waals surface area contributed by atoms with Crippen molar-refractivity contribution in [2.75, 3.05) is 17.7 Å². The van der Waals surface area contributed by atoms with Crippen LogP contribution in [0.5, 0.6) is 5.75 Å². The van der Waals surface area contributed by atoms with Crippen molar-refractivity contribution in [3.8, 4) is 5.75 Å². The number of pyridine rings is 1. The Morgan fingerprint density at radius 2 is 1.71 bits per heavy atom. The van der Waals surface area contributed by atoms with E-state index in [1.165, 1.54) is 30.5 Å². The van der Waals surface area contributed by atoms with E-state index in [-0.39, 0.29) is 11.3 Å². The summed E-state index contributed by atoms with van der Waals surface area (Å²) >= 11 is 0. The molecule has 2 N–H and O–H groups in total. The first-order valence-corrected chi connectivity index (χ1v) is 8.21. The van der Waals surface area contributed by atoms with E-state index >= 15 is 0 Å². The Kier molecular flexibility index (Phi) is 5.49. The highest BCUT2D eigenvalue weighted by molar-refractivity contribution is 6.04. The Morgan fingerprint density at radius 1 is 1.00 bits per heavy atom. The van der Waals surface area contributed by atoms with Crippen LogP contribution in [0.4, 0.5) is 30.4 Å². The summed E-state index contributed by atoms with van der Waals surface area (Å²) < 4.78 is 44.2. The molecule has 144 valence electrons. The van der Waals surface area contributed by atoms with Gasteiger partial charge in [-0.3, -0.25) is 4.79 Å². The molecule has 0 saturated heterocycles. The fourth-order valence-corrected chi connectivity index (χ4v) is 2.46. The smallest absolute Gasteiger partial charge is 0.418 e. The summed E-state index contributed by atoms with van der Waals surface area (Å²) in [5, 5.41) is 5.33. The molecule has 2 aromatic carbocycles.